The summed E-state index contributed by atoms with van der Waals surface area (Å²) in [6, 6.07) is 7.99. The van der Waals surface area contributed by atoms with E-state index in [0.29, 0.717) is 31.7 Å². The lowest BCUT2D eigenvalue weighted by molar-refractivity contribution is -0.0512. The number of carbonyl (C=O) groups is 1. The van der Waals surface area contributed by atoms with Crippen LogP contribution in [0.5, 0.6) is 11.5 Å². The highest BCUT2D eigenvalue weighted by Gasteiger charge is 2.25. The molecule has 1 amide bonds. The molecule has 1 aromatic carbocycles. The van der Waals surface area contributed by atoms with Crippen LogP contribution in [0.25, 0.3) is 10.3 Å². The number of aromatic nitrogens is 2. The van der Waals surface area contributed by atoms with Crippen molar-refractivity contribution in [2.75, 3.05) is 38.2 Å². The molecule has 0 radical (unpaired) electrons. The van der Waals surface area contributed by atoms with Crippen molar-refractivity contribution < 1.29 is 23.0 Å². The topological polar surface area (TPSA) is 67.8 Å². The van der Waals surface area contributed by atoms with Gasteiger partial charge in [0, 0.05) is 37.9 Å². The largest absolute Gasteiger partial charge is 0.493 e. The summed E-state index contributed by atoms with van der Waals surface area (Å²) < 4.78 is 34.4. The van der Waals surface area contributed by atoms with Gasteiger partial charge in [-0.1, -0.05) is 11.3 Å². The Kier molecular flexibility index (Phi) is 5.43. The van der Waals surface area contributed by atoms with Crippen molar-refractivity contribution in [3.8, 4) is 11.5 Å². The van der Waals surface area contributed by atoms with Gasteiger partial charge >= 0.3 is 6.61 Å². The molecule has 0 aliphatic carbocycles. The number of methoxy groups -OCH3 is 1. The SMILES string of the molecule is COc1cc(C(=O)N2CCN(c3nc4cccnc4s3)CC2)ccc1OC(F)F. The number of anilines is 1. The number of alkyl halides is 2. The molecule has 1 saturated heterocycles. The highest BCUT2D eigenvalue weighted by atomic mass is 32.1. The van der Waals surface area contributed by atoms with Gasteiger partial charge in [-0.25, -0.2) is 9.97 Å². The van der Waals surface area contributed by atoms with E-state index in [9.17, 15) is 13.6 Å². The third-order valence-corrected chi connectivity index (χ3v) is 5.66. The Bertz CT molecular complexity index is 989. The monoisotopic (exact) mass is 420 g/mol. The highest BCUT2D eigenvalue weighted by molar-refractivity contribution is 7.21. The number of fused-ring (bicyclic) bond motifs is 1. The van der Waals surface area contributed by atoms with Crippen LogP contribution >= 0.6 is 11.3 Å². The molecule has 0 unspecified atom stereocenters. The maximum absolute atomic E-state index is 12.8. The summed E-state index contributed by atoms with van der Waals surface area (Å²) in [6.45, 7) is -0.611. The van der Waals surface area contributed by atoms with Gasteiger partial charge in [0.05, 0.1) is 7.11 Å². The fourth-order valence-corrected chi connectivity index (χ4v) is 4.13. The minimum Gasteiger partial charge on any atom is -0.493 e. The molecule has 7 nitrogen and oxygen atoms in total. The first kappa shape index (κ1) is 19.3. The molecule has 0 saturated carbocycles. The summed E-state index contributed by atoms with van der Waals surface area (Å²) in [6.07, 6.45) is 1.74. The van der Waals surface area contributed by atoms with Crippen LogP contribution in [0.15, 0.2) is 36.5 Å². The summed E-state index contributed by atoms with van der Waals surface area (Å²) in [7, 11) is 1.34. The lowest BCUT2D eigenvalue weighted by atomic mass is 10.1. The second-order valence-corrected chi connectivity index (χ2v) is 7.30. The molecule has 3 heterocycles. The number of ether oxygens (including phenoxy) is 2. The zero-order chi connectivity index (χ0) is 20.4. The molecule has 10 heteroatoms. The molecule has 152 valence electrons. The standard InChI is InChI=1S/C19H18F2N4O3S/c1-27-15-11-12(4-5-14(15)28-18(20)21)17(26)24-7-9-25(10-8-24)19-23-13-3-2-6-22-16(13)29-19/h2-6,11,18H,7-10H2,1H3. The summed E-state index contributed by atoms with van der Waals surface area (Å²) in [5, 5.41) is 0.890. The van der Waals surface area contributed by atoms with Crippen molar-refractivity contribution in [1.29, 1.82) is 0 Å². The molecule has 4 rings (SSSR count). The van der Waals surface area contributed by atoms with Gasteiger partial charge in [-0.15, -0.1) is 0 Å². The van der Waals surface area contributed by atoms with Gasteiger partial charge in [-0.05, 0) is 30.3 Å². The fourth-order valence-electron chi connectivity index (χ4n) is 3.17. The molecular formula is C19H18F2N4O3S. The molecule has 0 atom stereocenters. The van der Waals surface area contributed by atoms with E-state index in [4.69, 9.17) is 4.74 Å². The number of benzene rings is 1. The number of halogens is 2. The summed E-state index contributed by atoms with van der Waals surface area (Å²) >= 11 is 1.53. The van der Waals surface area contributed by atoms with E-state index in [1.165, 1.54) is 36.6 Å². The Morgan fingerprint density at radius 3 is 2.66 bits per heavy atom. The molecule has 0 N–H and O–H groups in total. The lowest BCUT2D eigenvalue weighted by Crippen LogP contribution is -2.48. The normalized spacial score (nSPS) is 14.5. The predicted molar refractivity (Wildman–Crippen MR) is 105 cm³/mol. The maximum Gasteiger partial charge on any atom is 0.387 e. The van der Waals surface area contributed by atoms with Crippen molar-refractivity contribution in [2.24, 2.45) is 0 Å². The highest BCUT2D eigenvalue weighted by Crippen LogP contribution is 2.31. The zero-order valence-corrected chi connectivity index (χ0v) is 16.4. The molecule has 1 aliphatic heterocycles. The summed E-state index contributed by atoms with van der Waals surface area (Å²) in [5.74, 6) is -0.192. The van der Waals surface area contributed by atoms with Gasteiger partial charge in [0.25, 0.3) is 5.91 Å². The second-order valence-electron chi connectivity index (χ2n) is 6.35. The van der Waals surface area contributed by atoms with Crippen LogP contribution in [0.2, 0.25) is 0 Å². The fraction of sp³-hybridized carbons (Fsp3) is 0.316. The number of thiazole rings is 1. The minimum absolute atomic E-state index is 0.0942. The molecule has 1 aliphatic rings. The average molecular weight is 420 g/mol. The van der Waals surface area contributed by atoms with Crippen molar-refractivity contribution in [1.82, 2.24) is 14.9 Å². The van der Waals surface area contributed by atoms with Crippen LogP contribution in [-0.2, 0) is 0 Å². The second kappa shape index (κ2) is 8.16. The van der Waals surface area contributed by atoms with E-state index in [1.54, 1.807) is 11.1 Å². The first-order valence-electron chi connectivity index (χ1n) is 8.94. The van der Waals surface area contributed by atoms with Gasteiger partial charge in [0.15, 0.2) is 16.6 Å². The van der Waals surface area contributed by atoms with E-state index in [-0.39, 0.29) is 17.4 Å². The van der Waals surface area contributed by atoms with Crippen molar-refractivity contribution in [3.63, 3.8) is 0 Å². The Morgan fingerprint density at radius 1 is 1.17 bits per heavy atom. The summed E-state index contributed by atoms with van der Waals surface area (Å²) in [5.41, 5.74) is 1.23. The lowest BCUT2D eigenvalue weighted by Gasteiger charge is -2.34. The van der Waals surface area contributed by atoms with Crippen LogP contribution in [0, 0.1) is 0 Å². The molecular weight excluding hydrogens is 402 g/mol. The third kappa shape index (κ3) is 4.07. The Balaban J connectivity index is 1.43. The average Bonchev–Trinajstić information content (AvgIpc) is 3.17. The Morgan fingerprint density at radius 2 is 1.97 bits per heavy atom. The number of hydrogen-bond donors (Lipinski definition) is 0. The number of amides is 1. The quantitative estimate of drug-likeness (QED) is 0.631. The molecule has 3 aromatic rings. The van der Waals surface area contributed by atoms with Gasteiger partial charge in [-0.2, -0.15) is 8.78 Å². The molecule has 2 aromatic heterocycles. The molecule has 29 heavy (non-hydrogen) atoms. The number of pyridine rings is 1. The molecule has 1 fully saturated rings. The number of nitrogens with zero attached hydrogens (tertiary/aromatic N) is 4. The summed E-state index contributed by atoms with van der Waals surface area (Å²) in [4.78, 5) is 26.5. The van der Waals surface area contributed by atoms with Crippen LogP contribution < -0.4 is 14.4 Å². The number of piperazine rings is 1. The molecule has 0 spiro atoms. The van der Waals surface area contributed by atoms with E-state index in [0.717, 1.165) is 15.5 Å². The van der Waals surface area contributed by atoms with Crippen LogP contribution in [-0.4, -0.2) is 60.7 Å². The van der Waals surface area contributed by atoms with E-state index >= 15 is 0 Å². The maximum atomic E-state index is 12.8. The smallest absolute Gasteiger partial charge is 0.387 e. The van der Waals surface area contributed by atoms with E-state index in [2.05, 4.69) is 19.6 Å². The Labute approximate surface area is 169 Å². The van der Waals surface area contributed by atoms with Crippen LogP contribution in [0.4, 0.5) is 13.9 Å². The van der Waals surface area contributed by atoms with E-state index < -0.39 is 6.61 Å². The van der Waals surface area contributed by atoms with Crippen molar-refractivity contribution >= 4 is 32.7 Å². The van der Waals surface area contributed by atoms with Crippen LogP contribution in [0.3, 0.4) is 0 Å². The number of rotatable bonds is 5. The third-order valence-electron chi connectivity index (χ3n) is 4.62. The molecule has 0 bridgehead atoms. The number of carbonyl (C=O) groups excluding carboxylic acids is 1. The first-order chi connectivity index (χ1) is 14.0. The van der Waals surface area contributed by atoms with Gasteiger partial charge in [0.1, 0.15) is 10.3 Å². The van der Waals surface area contributed by atoms with Gasteiger partial charge in [-0.3, -0.25) is 4.79 Å². The number of hydrogen-bond acceptors (Lipinski definition) is 7. The van der Waals surface area contributed by atoms with Crippen LogP contribution in [0.1, 0.15) is 10.4 Å². The zero-order valence-electron chi connectivity index (χ0n) is 15.5. The van der Waals surface area contributed by atoms with Gasteiger partial charge < -0.3 is 19.3 Å². The Hall–Kier alpha value is -3.01. The van der Waals surface area contributed by atoms with Gasteiger partial charge in [0.2, 0.25) is 0 Å². The van der Waals surface area contributed by atoms with Crippen molar-refractivity contribution in [2.45, 2.75) is 6.61 Å². The minimum atomic E-state index is -2.96. The predicted octanol–water partition coefficient (Wildman–Crippen LogP) is 3.26. The van der Waals surface area contributed by atoms with E-state index in [1.807, 2.05) is 12.1 Å². The first-order valence-corrected chi connectivity index (χ1v) is 9.75. The van der Waals surface area contributed by atoms with Crippen molar-refractivity contribution in [3.05, 3.63) is 42.1 Å².